The fourth-order valence-corrected chi connectivity index (χ4v) is 1.88. The lowest BCUT2D eigenvalue weighted by atomic mass is 10.1. The van der Waals surface area contributed by atoms with Gasteiger partial charge in [0.15, 0.2) is 0 Å². The Labute approximate surface area is 118 Å². The van der Waals surface area contributed by atoms with E-state index < -0.39 is 0 Å². The van der Waals surface area contributed by atoms with Crippen LogP contribution in [0.5, 0.6) is 5.75 Å². The molecule has 2 rings (SSSR count). The van der Waals surface area contributed by atoms with Gasteiger partial charge in [0.05, 0.1) is 18.4 Å². The summed E-state index contributed by atoms with van der Waals surface area (Å²) in [5.74, 6) is 0.259. The van der Waals surface area contributed by atoms with E-state index in [4.69, 9.17) is 10.5 Å². The fourth-order valence-electron chi connectivity index (χ4n) is 1.53. The molecular formula is C13H12BrN3O2. The molecule has 0 aliphatic heterocycles. The van der Waals surface area contributed by atoms with Gasteiger partial charge >= 0.3 is 0 Å². The number of ether oxygens (including phenoxy) is 1. The highest BCUT2D eigenvalue weighted by atomic mass is 79.9. The van der Waals surface area contributed by atoms with Gasteiger partial charge in [-0.05, 0) is 46.3 Å². The molecule has 0 aliphatic rings. The van der Waals surface area contributed by atoms with Gasteiger partial charge in [-0.15, -0.1) is 0 Å². The number of nitrogen functional groups attached to an aromatic ring is 1. The molecular weight excluding hydrogens is 310 g/mol. The lowest BCUT2D eigenvalue weighted by Crippen LogP contribution is -2.14. The Morgan fingerprint density at radius 1 is 1.42 bits per heavy atom. The molecule has 1 aromatic carbocycles. The first kappa shape index (κ1) is 13.4. The summed E-state index contributed by atoms with van der Waals surface area (Å²) in [6, 6.07) is 8.40. The van der Waals surface area contributed by atoms with Crippen molar-refractivity contribution < 1.29 is 9.53 Å². The van der Waals surface area contributed by atoms with E-state index in [9.17, 15) is 4.79 Å². The molecule has 0 saturated heterocycles. The quantitative estimate of drug-likeness (QED) is 0.673. The standard InChI is InChI=1S/C13H12BrN3O2/c1-19-8-4-5-10(15)9(7-8)13(18)17-11-3-2-6-16-12(11)14/h2-7H,15H2,1H3,(H,17,18). The minimum atomic E-state index is -0.315. The number of nitrogens with zero attached hydrogens (tertiary/aromatic N) is 1. The molecule has 0 bridgehead atoms. The monoisotopic (exact) mass is 321 g/mol. The van der Waals surface area contributed by atoms with Gasteiger partial charge in [-0.2, -0.15) is 0 Å². The Balaban J connectivity index is 2.28. The second kappa shape index (κ2) is 5.71. The summed E-state index contributed by atoms with van der Waals surface area (Å²) in [6.07, 6.45) is 1.62. The number of carbonyl (C=O) groups excluding carboxylic acids is 1. The number of anilines is 2. The van der Waals surface area contributed by atoms with Crippen molar-refractivity contribution >= 4 is 33.2 Å². The van der Waals surface area contributed by atoms with Crippen LogP contribution in [0, 0.1) is 0 Å². The zero-order valence-corrected chi connectivity index (χ0v) is 11.8. The van der Waals surface area contributed by atoms with Crippen LogP contribution >= 0.6 is 15.9 Å². The van der Waals surface area contributed by atoms with Crippen LogP contribution in [0.1, 0.15) is 10.4 Å². The molecule has 0 unspecified atom stereocenters. The third-order valence-corrected chi connectivity index (χ3v) is 3.14. The van der Waals surface area contributed by atoms with Crippen molar-refractivity contribution in [1.82, 2.24) is 4.98 Å². The molecule has 6 heteroatoms. The van der Waals surface area contributed by atoms with Crippen LogP contribution in [0.3, 0.4) is 0 Å². The average Bonchev–Trinajstić information content (AvgIpc) is 2.42. The maximum Gasteiger partial charge on any atom is 0.257 e. The van der Waals surface area contributed by atoms with Crippen molar-refractivity contribution in [1.29, 1.82) is 0 Å². The van der Waals surface area contributed by atoms with Crippen molar-refractivity contribution in [3.63, 3.8) is 0 Å². The maximum atomic E-state index is 12.2. The number of amides is 1. The molecule has 1 aromatic heterocycles. The first-order chi connectivity index (χ1) is 9.11. The van der Waals surface area contributed by atoms with Crippen LogP contribution in [0.4, 0.5) is 11.4 Å². The van der Waals surface area contributed by atoms with Crippen molar-refractivity contribution in [3.05, 3.63) is 46.7 Å². The molecule has 3 N–H and O–H groups in total. The van der Waals surface area contributed by atoms with E-state index in [1.54, 1.807) is 36.5 Å². The van der Waals surface area contributed by atoms with Crippen molar-refractivity contribution in [2.24, 2.45) is 0 Å². The second-order valence-electron chi connectivity index (χ2n) is 3.75. The Kier molecular flexibility index (Phi) is 4.01. The number of carbonyl (C=O) groups is 1. The predicted molar refractivity (Wildman–Crippen MR) is 77.3 cm³/mol. The molecule has 5 nitrogen and oxygen atoms in total. The number of nitrogens with two attached hydrogens (primary N) is 1. The smallest absolute Gasteiger partial charge is 0.257 e. The Hall–Kier alpha value is -2.08. The summed E-state index contributed by atoms with van der Waals surface area (Å²) in [4.78, 5) is 16.2. The molecule has 0 atom stereocenters. The second-order valence-corrected chi connectivity index (χ2v) is 4.50. The highest BCUT2D eigenvalue weighted by Crippen LogP contribution is 2.23. The summed E-state index contributed by atoms with van der Waals surface area (Å²) in [6.45, 7) is 0. The number of pyridine rings is 1. The minimum absolute atomic E-state index is 0.315. The molecule has 1 heterocycles. The largest absolute Gasteiger partial charge is 0.497 e. The van der Waals surface area contributed by atoms with Crippen molar-refractivity contribution in [2.75, 3.05) is 18.2 Å². The normalized spacial score (nSPS) is 10.0. The molecule has 0 saturated carbocycles. The number of hydrogen-bond acceptors (Lipinski definition) is 4. The SMILES string of the molecule is COc1ccc(N)c(C(=O)Nc2cccnc2Br)c1. The van der Waals surface area contributed by atoms with Gasteiger partial charge in [0.1, 0.15) is 10.4 Å². The van der Waals surface area contributed by atoms with E-state index in [1.807, 2.05) is 0 Å². The first-order valence-electron chi connectivity index (χ1n) is 5.47. The van der Waals surface area contributed by atoms with E-state index in [2.05, 4.69) is 26.2 Å². The first-order valence-corrected chi connectivity index (χ1v) is 6.26. The van der Waals surface area contributed by atoms with Crippen molar-refractivity contribution in [3.8, 4) is 5.75 Å². The molecule has 1 amide bonds. The number of nitrogens with one attached hydrogen (secondary N) is 1. The average molecular weight is 322 g/mol. The van der Waals surface area contributed by atoms with Crippen molar-refractivity contribution in [2.45, 2.75) is 0 Å². The van der Waals surface area contributed by atoms with Crippen LogP contribution in [0.15, 0.2) is 41.1 Å². The predicted octanol–water partition coefficient (Wildman–Crippen LogP) is 2.69. The van der Waals surface area contributed by atoms with E-state index >= 15 is 0 Å². The van der Waals surface area contributed by atoms with Gasteiger partial charge < -0.3 is 15.8 Å². The van der Waals surface area contributed by atoms with Gasteiger partial charge in [0.25, 0.3) is 5.91 Å². The summed E-state index contributed by atoms with van der Waals surface area (Å²) < 4.78 is 5.64. The molecule has 0 fully saturated rings. The van der Waals surface area contributed by atoms with Crippen LogP contribution in [-0.4, -0.2) is 18.0 Å². The summed E-state index contributed by atoms with van der Waals surface area (Å²) in [7, 11) is 1.53. The Morgan fingerprint density at radius 2 is 2.21 bits per heavy atom. The molecule has 2 aromatic rings. The number of aromatic nitrogens is 1. The zero-order valence-electron chi connectivity index (χ0n) is 10.2. The van der Waals surface area contributed by atoms with Gasteiger partial charge in [0.2, 0.25) is 0 Å². The number of halogens is 1. The van der Waals surface area contributed by atoms with Gasteiger partial charge in [-0.25, -0.2) is 4.98 Å². The molecule has 0 radical (unpaired) electrons. The van der Waals surface area contributed by atoms with E-state index in [0.717, 1.165) is 0 Å². The highest BCUT2D eigenvalue weighted by Gasteiger charge is 2.12. The Morgan fingerprint density at radius 3 is 2.89 bits per heavy atom. The van der Waals surface area contributed by atoms with Crippen LogP contribution in [-0.2, 0) is 0 Å². The molecule has 19 heavy (non-hydrogen) atoms. The lowest BCUT2D eigenvalue weighted by molar-refractivity contribution is 0.102. The van der Waals surface area contributed by atoms with E-state index in [-0.39, 0.29) is 5.91 Å². The molecule has 0 spiro atoms. The highest BCUT2D eigenvalue weighted by molar-refractivity contribution is 9.10. The number of hydrogen-bond donors (Lipinski definition) is 2. The third-order valence-electron chi connectivity index (χ3n) is 2.51. The zero-order chi connectivity index (χ0) is 13.8. The lowest BCUT2D eigenvalue weighted by Gasteiger charge is -2.09. The number of methoxy groups -OCH3 is 1. The third kappa shape index (κ3) is 3.03. The molecule has 0 aliphatic carbocycles. The van der Waals surface area contributed by atoms with Gasteiger partial charge in [-0.3, -0.25) is 4.79 Å². The van der Waals surface area contributed by atoms with Gasteiger partial charge in [-0.1, -0.05) is 0 Å². The summed E-state index contributed by atoms with van der Waals surface area (Å²) >= 11 is 3.26. The van der Waals surface area contributed by atoms with Gasteiger partial charge in [0, 0.05) is 11.9 Å². The van der Waals surface area contributed by atoms with E-state index in [1.165, 1.54) is 7.11 Å². The Bertz CT molecular complexity index is 617. The van der Waals surface area contributed by atoms with Crippen LogP contribution in [0.25, 0.3) is 0 Å². The summed E-state index contributed by atoms with van der Waals surface area (Å²) in [5.41, 5.74) is 7.12. The summed E-state index contributed by atoms with van der Waals surface area (Å²) in [5, 5.41) is 2.73. The topological polar surface area (TPSA) is 77.2 Å². The van der Waals surface area contributed by atoms with Crippen LogP contribution in [0.2, 0.25) is 0 Å². The number of benzene rings is 1. The van der Waals surface area contributed by atoms with Crippen LogP contribution < -0.4 is 15.8 Å². The maximum absolute atomic E-state index is 12.2. The fraction of sp³-hybridized carbons (Fsp3) is 0.0769. The molecule has 98 valence electrons. The van der Waals surface area contributed by atoms with E-state index in [0.29, 0.717) is 27.3 Å². The minimum Gasteiger partial charge on any atom is -0.497 e. The number of rotatable bonds is 3.